The van der Waals surface area contributed by atoms with Gasteiger partial charge in [-0.2, -0.15) is 0 Å². The summed E-state index contributed by atoms with van der Waals surface area (Å²) in [6.45, 7) is 6.34. The van der Waals surface area contributed by atoms with Gasteiger partial charge in [0.2, 0.25) is 0 Å². The zero-order valence-electron chi connectivity index (χ0n) is 17.2. The van der Waals surface area contributed by atoms with E-state index in [1.165, 1.54) is 14.2 Å². The van der Waals surface area contributed by atoms with Crippen molar-refractivity contribution in [2.45, 2.75) is 59.3 Å². The van der Waals surface area contributed by atoms with Gasteiger partial charge in [0.25, 0.3) is 0 Å². The Balaban J connectivity index is 1.96. The van der Waals surface area contributed by atoms with E-state index in [0.717, 1.165) is 37.7 Å². The fraction of sp³-hybridized carbons (Fsp3) is 0.773. The van der Waals surface area contributed by atoms with Gasteiger partial charge in [-0.15, -0.1) is 0 Å². The van der Waals surface area contributed by atoms with Crippen molar-refractivity contribution < 1.29 is 23.9 Å². The maximum absolute atomic E-state index is 13.2. The van der Waals surface area contributed by atoms with Crippen molar-refractivity contribution in [2.24, 2.45) is 34.5 Å². The Kier molecular flexibility index (Phi) is 5.26. The van der Waals surface area contributed by atoms with E-state index in [4.69, 9.17) is 9.47 Å². The number of rotatable bonds is 2. The molecule has 0 aromatic rings. The first kappa shape index (κ1) is 20.1. The smallest absolute Gasteiger partial charge is 0.330 e. The lowest BCUT2D eigenvalue weighted by molar-refractivity contribution is -0.178. The second-order valence-electron chi connectivity index (χ2n) is 9.19. The average molecular weight is 376 g/mol. The van der Waals surface area contributed by atoms with E-state index in [-0.39, 0.29) is 46.8 Å². The van der Waals surface area contributed by atoms with Gasteiger partial charge in [0, 0.05) is 18.4 Å². The molecule has 3 rings (SSSR count). The van der Waals surface area contributed by atoms with Gasteiger partial charge in [0.15, 0.2) is 0 Å². The van der Waals surface area contributed by atoms with Crippen molar-refractivity contribution in [3.63, 3.8) is 0 Å². The van der Waals surface area contributed by atoms with Crippen molar-refractivity contribution in [2.75, 3.05) is 14.2 Å². The molecule has 5 heteroatoms. The minimum absolute atomic E-state index is 0.0262. The van der Waals surface area contributed by atoms with Crippen LogP contribution in [0.1, 0.15) is 59.3 Å². The van der Waals surface area contributed by atoms with Gasteiger partial charge >= 0.3 is 11.9 Å². The standard InChI is InChI=1S/C22H32O5/c1-13-14(11-18(24)26-4)7-8-15-19(13)16(23)12-17-21(15,2)9-6-10-22(17,3)20(25)27-5/h11,13,15,17,19H,6-10,12H2,1-5H3/b14-11-/t13-,15?,17?,19+,21-,22-/m1/s1. The minimum Gasteiger partial charge on any atom is -0.469 e. The van der Waals surface area contributed by atoms with Crippen LogP contribution in [0, 0.1) is 34.5 Å². The lowest BCUT2D eigenvalue weighted by Crippen LogP contribution is -2.59. The van der Waals surface area contributed by atoms with Gasteiger partial charge in [-0.25, -0.2) is 4.79 Å². The molecule has 0 aromatic carbocycles. The molecule has 3 fully saturated rings. The highest BCUT2D eigenvalue weighted by Gasteiger charge is 2.62. The van der Waals surface area contributed by atoms with Crippen LogP contribution >= 0.6 is 0 Å². The maximum Gasteiger partial charge on any atom is 0.330 e. The number of Topliss-reactive ketones (excluding diaryl/α,β-unsaturated/α-hetero) is 1. The highest BCUT2D eigenvalue weighted by atomic mass is 16.5. The second kappa shape index (κ2) is 7.06. The molecular weight excluding hydrogens is 344 g/mol. The van der Waals surface area contributed by atoms with E-state index in [2.05, 4.69) is 13.8 Å². The van der Waals surface area contributed by atoms with E-state index in [9.17, 15) is 14.4 Å². The van der Waals surface area contributed by atoms with Crippen LogP contribution in [0.2, 0.25) is 0 Å². The number of carbonyl (C=O) groups excluding carboxylic acids is 3. The Bertz CT molecular complexity index is 680. The van der Waals surface area contributed by atoms with E-state index in [1.807, 2.05) is 6.92 Å². The predicted molar refractivity (Wildman–Crippen MR) is 101 cm³/mol. The number of allylic oxidation sites excluding steroid dienone is 1. The molecular formula is C22H32O5. The molecule has 3 saturated carbocycles. The molecule has 0 amide bonds. The Morgan fingerprint density at radius 3 is 2.48 bits per heavy atom. The number of esters is 2. The molecule has 0 bridgehead atoms. The van der Waals surface area contributed by atoms with Crippen LogP contribution in [0.5, 0.6) is 0 Å². The van der Waals surface area contributed by atoms with Crippen LogP contribution in [0.25, 0.3) is 0 Å². The number of hydrogen-bond donors (Lipinski definition) is 0. The molecule has 6 atom stereocenters. The molecule has 0 heterocycles. The molecule has 0 N–H and O–H groups in total. The molecule has 2 unspecified atom stereocenters. The Labute approximate surface area is 161 Å². The third-order valence-electron chi connectivity index (χ3n) is 8.06. The molecule has 150 valence electrons. The van der Waals surface area contributed by atoms with Crippen LogP contribution in [0.15, 0.2) is 11.6 Å². The highest BCUT2D eigenvalue weighted by Crippen LogP contribution is 2.64. The van der Waals surface area contributed by atoms with Gasteiger partial charge in [-0.3, -0.25) is 9.59 Å². The largest absolute Gasteiger partial charge is 0.469 e. The molecule has 0 saturated heterocycles. The first-order chi connectivity index (χ1) is 12.7. The predicted octanol–water partition coefficient (Wildman–Crippen LogP) is 3.71. The lowest BCUT2D eigenvalue weighted by Gasteiger charge is -2.60. The number of hydrogen-bond acceptors (Lipinski definition) is 5. The summed E-state index contributed by atoms with van der Waals surface area (Å²) < 4.78 is 9.93. The number of carbonyl (C=O) groups is 3. The zero-order chi connectivity index (χ0) is 20.0. The Hall–Kier alpha value is -1.65. The van der Waals surface area contributed by atoms with Gasteiger partial charge in [0.1, 0.15) is 5.78 Å². The molecule has 5 nitrogen and oxygen atoms in total. The summed E-state index contributed by atoms with van der Waals surface area (Å²) in [5.74, 6) is -0.0488. The normalized spacial score (nSPS) is 42.9. The molecule has 0 spiro atoms. The fourth-order valence-electron chi connectivity index (χ4n) is 6.60. The van der Waals surface area contributed by atoms with Crippen molar-refractivity contribution in [1.82, 2.24) is 0 Å². The number of ether oxygens (including phenoxy) is 2. The van der Waals surface area contributed by atoms with E-state index < -0.39 is 5.41 Å². The van der Waals surface area contributed by atoms with Crippen molar-refractivity contribution >= 4 is 17.7 Å². The van der Waals surface area contributed by atoms with E-state index in [0.29, 0.717) is 6.42 Å². The van der Waals surface area contributed by atoms with E-state index in [1.54, 1.807) is 6.08 Å². The fourth-order valence-corrected chi connectivity index (χ4v) is 6.60. The number of methoxy groups -OCH3 is 2. The SMILES string of the molecule is COC(=O)/C=C1/CCC2[C@@H](C(=O)CC3[C@]2(C)CCC[C@@]3(C)C(=O)OC)[C@@H]1C. The molecule has 3 aliphatic carbocycles. The van der Waals surface area contributed by atoms with Crippen LogP contribution in [-0.4, -0.2) is 31.9 Å². The van der Waals surface area contributed by atoms with Crippen LogP contribution in [-0.2, 0) is 23.9 Å². The van der Waals surface area contributed by atoms with Crippen LogP contribution in [0.3, 0.4) is 0 Å². The van der Waals surface area contributed by atoms with Gasteiger partial charge < -0.3 is 9.47 Å². The summed E-state index contributed by atoms with van der Waals surface area (Å²) in [4.78, 5) is 37.6. The Morgan fingerprint density at radius 2 is 1.85 bits per heavy atom. The van der Waals surface area contributed by atoms with Crippen molar-refractivity contribution in [3.8, 4) is 0 Å². The number of ketones is 1. The molecule has 3 aliphatic rings. The molecule has 27 heavy (non-hydrogen) atoms. The summed E-state index contributed by atoms with van der Waals surface area (Å²) >= 11 is 0. The number of fused-ring (bicyclic) bond motifs is 3. The summed E-state index contributed by atoms with van der Waals surface area (Å²) in [5, 5.41) is 0. The van der Waals surface area contributed by atoms with Crippen molar-refractivity contribution in [3.05, 3.63) is 11.6 Å². The van der Waals surface area contributed by atoms with Crippen molar-refractivity contribution in [1.29, 1.82) is 0 Å². The molecule has 0 aliphatic heterocycles. The second-order valence-corrected chi connectivity index (χ2v) is 9.19. The first-order valence-corrected chi connectivity index (χ1v) is 10.1. The van der Waals surface area contributed by atoms with Gasteiger partial charge in [0.05, 0.1) is 19.6 Å². The maximum atomic E-state index is 13.2. The third kappa shape index (κ3) is 3.03. The molecule has 0 radical (unpaired) electrons. The summed E-state index contributed by atoms with van der Waals surface area (Å²) in [6, 6.07) is 0. The summed E-state index contributed by atoms with van der Waals surface area (Å²) in [6.07, 6.45) is 6.50. The van der Waals surface area contributed by atoms with Gasteiger partial charge in [-0.1, -0.05) is 25.8 Å². The summed E-state index contributed by atoms with van der Waals surface area (Å²) in [5.41, 5.74) is 0.378. The molecule has 0 aromatic heterocycles. The first-order valence-electron chi connectivity index (χ1n) is 10.1. The topological polar surface area (TPSA) is 69.7 Å². The third-order valence-corrected chi connectivity index (χ3v) is 8.06. The van der Waals surface area contributed by atoms with Crippen LogP contribution < -0.4 is 0 Å². The quantitative estimate of drug-likeness (QED) is 0.543. The monoisotopic (exact) mass is 376 g/mol. The highest BCUT2D eigenvalue weighted by molar-refractivity contribution is 5.87. The van der Waals surface area contributed by atoms with Gasteiger partial charge in [-0.05, 0) is 55.8 Å². The van der Waals surface area contributed by atoms with Crippen LogP contribution in [0.4, 0.5) is 0 Å². The minimum atomic E-state index is -0.590. The average Bonchev–Trinajstić information content (AvgIpc) is 2.64. The zero-order valence-corrected chi connectivity index (χ0v) is 17.2. The summed E-state index contributed by atoms with van der Waals surface area (Å²) in [7, 11) is 2.82. The van der Waals surface area contributed by atoms with E-state index >= 15 is 0 Å². The Morgan fingerprint density at radius 1 is 1.15 bits per heavy atom. The lowest BCUT2D eigenvalue weighted by atomic mass is 9.43.